The fraction of sp³-hybridized carbons (Fsp3) is 0. The Balaban J connectivity index is 0. The van der Waals surface area contributed by atoms with E-state index in [4.69, 9.17) is 15.7 Å². The van der Waals surface area contributed by atoms with E-state index in [1.807, 2.05) is 0 Å². The number of halogens is 4. The molecule has 2 aromatic carbocycles. The molecule has 0 unspecified atom stereocenters. The zero-order chi connectivity index (χ0) is 18.7. The first kappa shape index (κ1) is 26.3. The van der Waals surface area contributed by atoms with E-state index < -0.39 is 16.4 Å². The number of nitrogens with zero attached hydrogens (tertiary/aromatic N) is 1. The molecule has 0 amide bonds. The average Bonchev–Trinajstić information content (AvgIpc) is 2.53. The van der Waals surface area contributed by atoms with Gasteiger partial charge in [0, 0.05) is 4.47 Å². The number of para-hydroxylation sites is 2. The molecule has 128 valence electrons. The van der Waals surface area contributed by atoms with Gasteiger partial charge in [-0.05, 0) is 56.1 Å². The maximum absolute atomic E-state index is 12.6. The predicted octanol–water partition coefficient (Wildman–Crippen LogP) is -0.0862. The van der Waals surface area contributed by atoms with Crippen LogP contribution in [0.15, 0.2) is 45.3 Å². The van der Waals surface area contributed by atoms with E-state index in [0.717, 1.165) is 6.07 Å². The van der Waals surface area contributed by atoms with E-state index in [9.17, 15) is 18.9 Å². The summed E-state index contributed by atoms with van der Waals surface area (Å²) in [5.41, 5.74) is 4.90. The first-order chi connectivity index (χ1) is 11.3. The average molecular weight is 492 g/mol. The number of nitrogens with two attached hydrogens (primary N) is 1. The number of nitro benzene ring substituents is 1. The molecule has 0 aliphatic carbocycles. The van der Waals surface area contributed by atoms with Crippen LogP contribution in [0, 0.1) is 21.7 Å². The van der Waals surface area contributed by atoms with Crippen LogP contribution in [0.3, 0.4) is 0 Å². The summed E-state index contributed by atoms with van der Waals surface area (Å²) in [6, 6.07) is 8.46. The summed E-state index contributed by atoms with van der Waals surface area (Å²) >= 11 is 5.95. The minimum atomic E-state index is -0.829. The third-order valence-corrected chi connectivity index (χ3v) is 3.49. The second-order valence-electron chi connectivity index (χ2n) is 3.66. The number of rotatable bonds is 2. The standard InChI is InChI=1S/C6H3BrFNO2.C6H5BrFN.BHO3.Na/c7-4-2-1-3-5(8)6(4)9(10)11;7-4-2-1-3-5(8)6(4)9;2-1-4-3;/h1-3H;1-3H,9H2;3H;/q;;;+1/p-1. The van der Waals surface area contributed by atoms with E-state index in [2.05, 4.69) is 36.7 Å². The van der Waals surface area contributed by atoms with Gasteiger partial charge in [-0.15, -0.1) is 0 Å². The SMILES string of the molecule is Nc1c(F)cccc1Br.O=BO[O-].O=[N+]([O-])c1c(F)cccc1Br.[Na+]. The van der Waals surface area contributed by atoms with E-state index in [1.54, 1.807) is 12.1 Å². The van der Waals surface area contributed by atoms with Crippen molar-refractivity contribution in [2.24, 2.45) is 0 Å². The summed E-state index contributed by atoms with van der Waals surface area (Å²) in [5, 5.41) is 18.6. The van der Waals surface area contributed by atoms with Gasteiger partial charge in [-0.1, -0.05) is 12.1 Å². The Labute approximate surface area is 180 Å². The molecule has 0 saturated heterocycles. The molecule has 13 heteroatoms. The van der Waals surface area contributed by atoms with Crippen molar-refractivity contribution in [2.45, 2.75) is 0 Å². The molecule has 0 aliphatic heterocycles. The summed E-state index contributed by atoms with van der Waals surface area (Å²) in [7, 11) is -0.181. The second kappa shape index (κ2) is 14.3. The molecule has 7 nitrogen and oxygen atoms in total. The molecule has 2 N–H and O–H groups in total. The van der Waals surface area contributed by atoms with Gasteiger partial charge in [0.2, 0.25) is 5.82 Å². The van der Waals surface area contributed by atoms with Gasteiger partial charge < -0.3 is 5.73 Å². The van der Waals surface area contributed by atoms with Crippen LogP contribution in [0.25, 0.3) is 0 Å². The Morgan fingerprint density at radius 3 is 1.80 bits per heavy atom. The molecule has 0 aliphatic rings. The number of benzene rings is 2. The monoisotopic (exact) mass is 490 g/mol. The maximum atomic E-state index is 12.6. The van der Waals surface area contributed by atoms with Crippen LogP contribution >= 0.6 is 31.9 Å². The van der Waals surface area contributed by atoms with E-state index in [0.29, 0.717) is 4.47 Å². The Morgan fingerprint density at radius 2 is 1.52 bits per heavy atom. The summed E-state index contributed by atoms with van der Waals surface area (Å²) in [6.07, 6.45) is 0. The van der Waals surface area contributed by atoms with Crippen LogP contribution in [0.4, 0.5) is 20.2 Å². The Bertz CT molecular complexity index is 675. The first-order valence-electron chi connectivity index (χ1n) is 5.76. The van der Waals surface area contributed by atoms with Gasteiger partial charge in [-0.3, -0.25) is 10.1 Å². The van der Waals surface area contributed by atoms with Gasteiger partial charge in [-0.2, -0.15) is 4.39 Å². The fourth-order valence-electron chi connectivity index (χ4n) is 1.17. The van der Waals surface area contributed by atoms with Crippen LogP contribution in [0.1, 0.15) is 0 Å². The van der Waals surface area contributed by atoms with E-state index >= 15 is 0 Å². The third kappa shape index (κ3) is 9.97. The molecule has 2 aromatic rings. The van der Waals surface area contributed by atoms with Crippen molar-refractivity contribution in [1.29, 1.82) is 0 Å². The molecule has 0 heterocycles. The number of hydrogen-bond acceptors (Lipinski definition) is 6. The largest absolute Gasteiger partial charge is 1.00 e. The maximum Gasteiger partial charge on any atom is 1.00 e. The predicted molar refractivity (Wildman–Crippen MR) is 86.8 cm³/mol. The van der Waals surface area contributed by atoms with Crippen LogP contribution in [0.5, 0.6) is 0 Å². The molecular weight excluding hydrogens is 484 g/mol. The van der Waals surface area contributed by atoms with Crippen molar-refractivity contribution in [2.75, 3.05) is 5.73 Å². The molecule has 0 aromatic heterocycles. The van der Waals surface area contributed by atoms with Crippen LogP contribution in [-0.4, -0.2) is 12.3 Å². The van der Waals surface area contributed by atoms with Gasteiger partial charge in [0.25, 0.3) is 0 Å². The first-order valence-corrected chi connectivity index (χ1v) is 7.35. The summed E-state index contributed by atoms with van der Waals surface area (Å²) < 4.78 is 34.4. The van der Waals surface area contributed by atoms with Crippen molar-refractivity contribution in [1.82, 2.24) is 0 Å². The van der Waals surface area contributed by atoms with E-state index in [1.165, 1.54) is 18.2 Å². The molecule has 0 spiro atoms. The van der Waals surface area contributed by atoms with Crippen LogP contribution in [-0.2, 0) is 9.51 Å². The second-order valence-corrected chi connectivity index (χ2v) is 5.36. The summed E-state index contributed by atoms with van der Waals surface area (Å²) in [5.74, 6) is -1.21. The third-order valence-electron chi connectivity index (χ3n) is 2.16. The Hall–Kier alpha value is -0.915. The van der Waals surface area contributed by atoms with Crippen molar-refractivity contribution in [3.63, 3.8) is 0 Å². The molecule has 25 heavy (non-hydrogen) atoms. The fourth-order valence-corrected chi connectivity index (χ4v) is 2.00. The van der Waals surface area contributed by atoms with Gasteiger partial charge in [-0.25, -0.2) is 4.39 Å². The molecule has 0 saturated carbocycles. The molecular formula is C12H8BBr2F2N2NaO5. The number of nitro groups is 1. The smallest absolute Gasteiger partial charge is 0.258 e. The van der Waals surface area contributed by atoms with Gasteiger partial charge in [0.15, 0.2) is 0 Å². The minimum absolute atomic E-state index is 0. The van der Waals surface area contributed by atoms with E-state index in [-0.39, 0.29) is 52.9 Å². The summed E-state index contributed by atoms with van der Waals surface area (Å²) in [6.45, 7) is 0. The summed E-state index contributed by atoms with van der Waals surface area (Å²) in [4.78, 5) is 12.0. The quantitative estimate of drug-likeness (QED) is 0.206. The van der Waals surface area contributed by atoms with Crippen molar-refractivity contribution in [3.05, 3.63) is 67.1 Å². The molecule has 0 bridgehead atoms. The number of hydrogen-bond donors (Lipinski definition) is 1. The normalized spacial score (nSPS) is 8.36. The molecule has 2 rings (SSSR count). The zero-order valence-electron chi connectivity index (χ0n) is 12.6. The van der Waals surface area contributed by atoms with Gasteiger partial charge in [0.05, 0.1) is 15.1 Å². The Morgan fingerprint density at radius 1 is 1.08 bits per heavy atom. The minimum Gasteiger partial charge on any atom is -0.258 e. The molecule has 0 atom stereocenters. The Kier molecular flexibility index (Phi) is 15.0. The van der Waals surface area contributed by atoms with Crippen LogP contribution in [0.2, 0.25) is 0 Å². The van der Waals surface area contributed by atoms with Crippen molar-refractivity contribution in [3.8, 4) is 0 Å². The van der Waals surface area contributed by atoms with Crippen LogP contribution < -0.4 is 40.5 Å². The topological polar surface area (TPSA) is 119 Å². The van der Waals surface area contributed by atoms with Gasteiger partial charge in [0.1, 0.15) is 5.82 Å². The van der Waals surface area contributed by atoms with Crippen molar-refractivity contribution >= 4 is 50.6 Å². The molecule has 0 fully saturated rings. The zero-order valence-corrected chi connectivity index (χ0v) is 17.8. The number of anilines is 1. The van der Waals surface area contributed by atoms with Gasteiger partial charge >= 0.3 is 57.4 Å². The van der Waals surface area contributed by atoms with Crippen molar-refractivity contribution < 1.29 is 58.0 Å². The number of nitrogen functional groups attached to an aromatic ring is 1. The molecule has 0 radical (unpaired) electrons.